The molecule has 0 aromatic heterocycles. The third kappa shape index (κ3) is 4.11. The molecule has 0 spiro atoms. The Hall–Kier alpha value is -2.12. The third-order valence-electron chi connectivity index (χ3n) is 4.14. The molecule has 1 aromatic rings. The highest BCUT2D eigenvalue weighted by Crippen LogP contribution is 2.31. The Balaban J connectivity index is 2.52. The van der Waals surface area contributed by atoms with E-state index in [1.165, 1.54) is 12.1 Å². The fourth-order valence-electron chi connectivity index (χ4n) is 2.82. The molecule has 136 valence electrons. The Morgan fingerprint density at radius 1 is 1.36 bits per heavy atom. The van der Waals surface area contributed by atoms with E-state index in [0.717, 1.165) is 37.5 Å². The second-order valence-electron chi connectivity index (χ2n) is 5.88. The van der Waals surface area contributed by atoms with Crippen LogP contribution in [0.2, 0.25) is 5.02 Å². The van der Waals surface area contributed by atoms with E-state index < -0.39 is 10.7 Å². The molecule has 25 heavy (non-hydrogen) atoms. The Morgan fingerprint density at radius 3 is 2.60 bits per heavy atom. The van der Waals surface area contributed by atoms with Crippen molar-refractivity contribution in [3.63, 3.8) is 0 Å². The lowest BCUT2D eigenvalue weighted by Crippen LogP contribution is -2.52. The van der Waals surface area contributed by atoms with Gasteiger partial charge in [-0.15, -0.1) is 0 Å². The van der Waals surface area contributed by atoms with E-state index in [4.69, 9.17) is 17.3 Å². The number of nitrogens with two attached hydrogens (primary N) is 1. The number of nitro groups is 1. The van der Waals surface area contributed by atoms with Gasteiger partial charge in [0, 0.05) is 30.4 Å². The van der Waals surface area contributed by atoms with Crippen molar-refractivity contribution >= 4 is 23.1 Å². The number of nitrogens with zero attached hydrogens (tertiary/aromatic N) is 3. The molecule has 0 saturated carbocycles. The van der Waals surface area contributed by atoms with Crippen LogP contribution in [-0.4, -0.2) is 28.7 Å². The van der Waals surface area contributed by atoms with Crippen LogP contribution in [0.4, 0.5) is 5.69 Å². The lowest BCUT2D eigenvalue weighted by atomic mass is 10.0. The standard InChI is InChI=1S/C17H24ClN5O2/c1-4-7-13-11-16(22(5-2)6-3)21-17(19,20-13)12-8-9-14(18)15(10-12)23(24)25/h8-11,20H,4-7,19H2,1-3H3. The van der Waals surface area contributed by atoms with E-state index in [1.54, 1.807) is 6.07 Å². The molecule has 1 unspecified atom stereocenters. The summed E-state index contributed by atoms with van der Waals surface area (Å²) < 4.78 is 0. The summed E-state index contributed by atoms with van der Waals surface area (Å²) in [5.41, 5.74) is 7.80. The normalized spacial score (nSPS) is 19.7. The smallest absolute Gasteiger partial charge is 0.288 e. The first-order valence-corrected chi connectivity index (χ1v) is 8.79. The fraction of sp³-hybridized carbons (Fsp3) is 0.471. The van der Waals surface area contributed by atoms with Crippen molar-refractivity contribution < 1.29 is 4.92 Å². The molecule has 0 radical (unpaired) electrons. The summed E-state index contributed by atoms with van der Waals surface area (Å²) in [6.45, 7) is 7.76. The van der Waals surface area contributed by atoms with Crippen molar-refractivity contribution in [2.24, 2.45) is 10.7 Å². The monoisotopic (exact) mass is 365 g/mol. The van der Waals surface area contributed by atoms with Gasteiger partial charge in [0.2, 0.25) is 5.79 Å². The van der Waals surface area contributed by atoms with E-state index in [-0.39, 0.29) is 10.7 Å². The van der Waals surface area contributed by atoms with E-state index in [0.29, 0.717) is 5.56 Å². The lowest BCUT2D eigenvalue weighted by Gasteiger charge is -2.36. The van der Waals surface area contributed by atoms with Crippen LogP contribution < -0.4 is 11.1 Å². The molecule has 1 aliphatic heterocycles. The van der Waals surface area contributed by atoms with E-state index in [1.807, 2.05) is 19.9 Å². The predicted molar refractivity (Wildman–Crippen MR) is 100 cm³/mol. The molecule has 7 nitrogen and oxygen atoms in total. The van der Waals surface area contributed by atoms with Crippen molar-refractivity contribution in [1.29, 1.82) is 0 Å². The minimum Gasteiger partial charge on any atom is -0.357 e. The number of hydrogen-bond donors (Lipinski definition) is 2. The molecule has 1 aliphatic rings. The van der Waals surface area contributed by atoms with Gasteiger partial charge in [0.05, 0.1) is 4.92 Å². The van der Waals surface area contributed by atoms with Crippen LogP contribution in [0.5, 0.6) is 0 Å². The largest absolute Gasteiger partial charge is 0.357 e. The van der Waals surface area contributed by atoms with Gasteiger partial charge in [-0.2, -0.15) is 0 Å². The van der Waals surface area contributed by atoms with Crippen LogP contribution in [-0.2, 0) is 5.79 Å². The van der Waals surface area contributed by atoms with Gasteiger partial charge in [-0.05, 0) is 32.4 Å². The number of benzene rings is 1. The Kier molecular flexibility index (Phi) is 6.02. The minimum atomic E-state index is -1.27. The van der Waals surface area contributed by atoms with Crippen LogP contribution >= 0.6 is 11.6 Å². The average Bonchev–Trinajstić information content (AvgIpc) is 2.56. The van der Waals surface area contributed by atoms with E-state index in [9.17, 15) is 10.1 Å². The SMILES string of the molecule is CCCC1=CC(N(CC)CC)=NC(N)(c2ccc(Cl)c([N+](=O)[O-])c2)N1. The highest BCUT2D eigenvalue weighted by Gasteiger charge is 2.33. The highest BCUT2D eigenvalue weighted by atomic mass is 35.5. The molecule has 3 N–H and O–H groups in total. The third-order valence-corrected chi connectivity index (χ3v) is 4.45. The van der Waals surface area contributed by atoms with Gasteiger partial charge in [-0.3, -0.25) is 15.8 Å². The number of rotatable bonds is 6. The van der Waals surface area contributed by atoms with Gasteiger partial charge in [0.1, 0.15) is 10.9 Å². The minimum absolute atomic E-state index is 0.0745. The average molecular weight is 366 g/mol. The van der Waals surface area contributed by atoms with Crippen molar-refractivity contribution in [3.8, 4) is 0 Å². The molecule has 0 saturated heterocycles. The first kappa shape index (κ1) is 19.2. The van der Waals surface area contributed by atoms with Crippen LogP contribution in [0, 0.1) is 10.1 Å². The number of allylic oxidation sites excluding steroid dienone is 1. The first-order chi connectivity index (χ1) is 11.8. The summed E-state index contributed by atoms with van der Waals surface area (Å²) in [6.07, 6.45) is 3.75. The van der Waals surface area contributed by atoms with Gasteiger partial charge in [-0.25, -0.2) is 4.99 Å². The van der Waals surface area contributed by atoms with E-state index in [2.05, 4.69) is 22.1 Å². The molecular formula is C17H24ClN5O2. The van der Waals surface area contributed by atoms with Crippen LogP contribution in [0.25, 0.3) is 0 Å². The van der Waals surface area contributed by atoms with Crippen molar-refractivity contribution in [2.45, 2.75) is 39.4 Å². The number of hydrogen-bond acceptors (Lipinski definition) is 6. The summed E-state index contributed by atoms with van der Waals surface area (Å²) in [4.78, 5) is 17.4. The summed E-state index contributed by atoms with van der Waals surface area (Å²) in [5, 5.41) is 14.5. The molecule has 1 heterocycles. The molecule has 0 bridgehead atoms. The van der Waals surface area contributed by atoms with Crippen LogP contribution in [0.3, 0.4) is 0 Å². The predicted octanol–water partition coefficient (Wildman–Crippen LogP) is 3.34. The molecule has 8 heteroatoms. The highest BCUT2D eigenvalue weighted by molar-refractivity contribution is 6.32. The fourth-order valence-corrected chi connectivity index (χ4v) is 3.00. The number of nitro benzene ring substituents is 1. The van der Waals surface area contributed by atoms with E-state index >= 15 is 0 Å². The quantitative estimate of drug-likeness (QED) is 0.595. The molecule has 1 aromatic carbocycles. The van der Waals surface area contributed by atoms with Gasteiger partial charge >= 0.3 is 0 Å². The van der Waals surface area contributed by atoms with Crippen LogP contribution in [0.15, 0.2) is 35.0 Å². The van der Waals surface area contributed by atoms with Crippen molar-refractivity contribution in [1.82, 2.24) is 10.2 Å². The number of nitrogens with one attached hydrogen (secondary N) is 1. The van der Waals surface area contributed by atoms with Gasteiger partial charge in [0.15, 0.2) is 0 Å². The zero-order valence-corrected chi connectivity index (χ0v) is 15.5. The number of likely N-dealkylation sites (N-methyl/N-ethyl adjacent to an activating group) is 1. The maximum Gasteiger partial charge on any atom is 0.288 e. The topological polar surface area (TPSA) is 96.8 Å². The van der Waals surface area contributed by atoms with Crippen molar-refractivity contribution in [2.75, 3.05) is 13.1 Å². The molecule has 0 amide bonds. The molecular weight excluding hydrogens is 342 g/mol. The van der Waals surface area contributed by atoms with Gasteiger partial charge in [0.25, 0.3) is 5.69 Å². The molecule has 2 rings (SSSR count). The summed E-state index contributed by atoms with van der Waals surface area (Å²) >= 11 is 5.92. The Labute approximate surface area is 152 Å². The van der Waals surface area contributed by atoms with Crippen LogP contribution in [0.1, 0.15) is 39.2 Å². The summed E-state index contributed by atoms with van der Waals surface area (Å²) in [7, 11) is 0. The molecule has 0 aliphatic carbocycles. The number of halogens is 1. The Morgan fingerprint density at radius 2 is 2.04 bits per heavy atom. The number of amidine groups is 1. The maximum absolute atomic E-state index is 11.2. The summed E-state index contributed by atoms with van der Waals surface area (Å²) in [5.74, 6) is -0.501. The zero-order chi connectivity index (χ0) is 18.6. The van der Waals surface area contributed by atoms with Crippen molar-refractivity contribution in [3.05, 3.63) is 50.7 Å². The Bertz CT molecular complexity index is 715. The summed E-state index contributed by atoms with van der Waals surface area (Å²) in [6, 6.07) is 4.53. The molecule has 1 atom stereocenters. The maximum atomic E-state index is 11.2. The number of aliphatic imine (C=N–C) groups is 1. The second-order valence-corrected chi connectivity index (χ2v) is 6.28. The van der Waals surface area contributed by atoms with Gasteiger partial charge < -0.3 is 10.2 Å². The lowest BCUT2D eigenvalue weighted by molar-refractivity contribution is -0.384. The zero-order valence-electron chi connectivity index (χ0n) is 14.8. The first-order valence-electron chi connectivity index (χ1n) is 8.41. The molecule has 0 fully saturated rings. The van der Waals surface area contributed by atoms with Gasteiger partial charge in [-0.1, -0.05) is 31.0 Å². The second kappa shape index (κ2) is 7.84.